The lowest BCUT2D eigenvalue weighted by Crippen LogP contribution is -2.36. The van der Waals surface area contributed by atoms with Crippen LogP contribution in [0, 0.1) is 0 Å². The molecule has 0 radical (unpaired) electrons. The van der Waals surface area contributed by atoms with E-state index in [-0.39, 0.29) is 24.8 Å². The lowest BCUT2D eigenvalue weighted by atomic mass is 10.2. The number of carbonyl (C=O) groups is 2. The van der Waals surface area contributed by atoms with Crippen molar-refractivity contribution in [3.63, 3.8) is 0 Å². The summed E-state index contributed by atoms with van der Waals surface area (Å²) < 4.78 is 6.22. The van der Waals surface area contributed by atoms with E-state index in [1.165, 1.54) is 0 Å². The van der Waals surface area contributed by atoms with Gasteiger partial charge in [0.2, 0.25) is 0 Å². The maximum atomic E-state index is 14.6. The SMILES string of the molecule is CCC(C(=O)COCC(=O)C(CC)=P(c1ccccc1)(c1ccccc1)c1ccccc1)=P(c1ccccc1)(c1ccccc1)c1ccccc1. The zero-order chi connectivity index (χ0) is 35.5. The van der Waals surface area contributed by atoms with Gasteiger partial charge in [-0.2, -0.15) is 0 Å². The van der Waals surface area contributed by atoms with Gasteiger partial charge in [0.05, 0.1) is 0 Å². The van der Waals surface area contributed by atoms with Gasteiger partial charge in [-0.1, -0.05) is 196 Å². The maximum Gasteiger partial charge on any atom is 0.185 e. The fourth-order valence-electron chi connectivity index (χ4n) is 7.38. The Morgan fingerprint density at radius 1 is 0.373 bits per heavy atom. The van der Waals surface area contributed by atoms with Crippen molar-refractivity contribution in [2.24, 2.45) is 0 Å². The Morgan fingerprint density at radius 3 is 0.745 bits per heavy atom. The summed E-state index contributed by atoms with van der Waals surface area (Å²) in [4.78, 5) is 29.2. The predicted molar refractivity (Wildman–Crippen MR) is 222 cm³/mol. The molecule has 0 unspecified atom stereocenters. The summed E-state index contributed by atoms with van der Waals surface area (Å²) in [5.74, 6) is -0.132. The monoisotopic (exact) mass is 706 g/mol. The van der Waals surface area contributed by atoms with Gasteiger partial charge < -0.3 is 4.74 Å². The molecule has 0 spiro atoms. The first-order valence-electron chi connectivity index (χ1n) is 17.6. The van der Waals surface area contributed by atoms with Crippen molar-refractivity contribution in [1.29, 1.82) is 0 Å². The molecule has 0 heterocycles. The highest BCUT2D eigenvalue weighted by Gasteiger charge is 2.34. The van der Waals surface area contributed by atoms with Crippen molar-refractivity contribution in [1.82, 2.24) is 0 Å². The van der Waals surface area contributed by atoms with Crippen LogP contribution in [0.1, 0.15) is 26.7 Å². The van der Waals surface area contributed by atoms with Crippen LogP contribution < -0.4 is 31.8 Å². The van der Waals surface area contributed by atoms with Crippen LogP contribution in [-0.4, -0.2) is 35.4 Å². The number of hydrogen-bond acceptors (Lipinski definition) is 3. The van der Waals surface area contributed by atoms with E-state index in [0.717, 1.165) is 42.4 Å². The number of carbonyl (C=O) groups excluding carboxylic acids is 2. The van der Waals surface area contributed by atoms with Gasteiger partial charge in [-0.15, -0.1) is 0 Å². The van der Waals surface area contributed by atoms with E-state index in [1.807, 2.05) is 109 Å². The third kappa shape index (κ3) is 7.08. The van der Waals surface area contributed by atoms with Crippen molar-refractivity contribution in [3.8, 4) is 0 Å². The van der Waals surface area contributed by atoms with E-state index in [1.54, 1.807) is 0 Å². The first-order chi connectivity index (χ1) is 25.1. The highest BCUT2D eigenvalue weighted by Crippen LogP contribution is 2.48. The molecule has 0 saturated carbocycles. The summed E-state index contributed by atoms with van der Waals surface area (Å²) in [6, 6.07) is 62.4. The average Bonchev–Trinajstić information content (AvgIpc) is 3.20. The molecule has 0 atom stereocenters. The molecule has 3 nitrogen and oxygen atoms in total. The molecular formula is C46H44O3P2. The number of Topliss-reactive ketones (excluding diaryl/α,β-unsaturated/α-hetero) is 2. The highest BCUT2D eigenvalue weighted by molar-refractivity contribution is 7.97. The molecule has 0 aliphatic heterocycles. The van der Waals surface area contributed by atoms with Gasteiger partial charge in [-0.05, 0) is 58.4 Å². The molecule has 0 saturated heterocycles. The predicted octanol–water partition coefficient (Wildman–Crippen LogP) is 7.29. The third-order valence-corrected chi connectivity index (χ3v) is 18.6. The quantitative estimate of drug-likeness (QED) is 0.112. The van der Waals surface area contributed by atoms with Crippen molar-refractivity contribution >= 4 is 67.8 Å². The molecule has 0 aliphatic rings. The van der Waals surface area contributed by atoms with Crippen LogP contribution in [0.2, 0.25) is 0 Å². The highest BCUT2D eigenvalue weighted by atomic mass is 31.2. The summed E-state index contributed by atoms with van der Waals surface area (Å²) in [5, 5.41) is 8.38. The van der Waals surface area contributed by atoms with Gasteiger partial charge in [0, 0.05) is 10.6 Å². The normalized spacial score (nSPS) is 11.5. The van der Waals surface area contributed by atoms with Crippen LogP contribution in [-0.2, 0) is 14.3 Å². The third-order valence-electron chi connectivity index (χ3n) is 9.45. The maximum absolute atomic E-state index is 14.6. The second kappa shape index (κ2) is 17.0. The van der Waals surface area contributed by atoms with Crippen LogP contribution in [0.5, 0.6) is 0 Å². The van der Waals surface area contributed by atoms with Crippen LogP contribution in [0.3, 0.4) is 0 Å². The Kier molecular flexibility index (Phi) is 12.0. The summed E-state index contributed by atoms with van der Waals surface area (Å²) in [7, 11) is 0. The smallest absolute Gasteiger partial charge is 0.185 e. The molecule has 0 amide bonds. The Hall–Kier alpha value is -4.78. The van der Waals surface area contributed by atoms with Gasteiger partial charge in [0.25, 0.3) is 0 Å². The van der Waals surface area contributed by atoms with Crippen molar-refractivity contribution in [2.75, 3.05) is 13.2 Å². The van der Waals surface area contributed by atoms with Gasteiger partial charge in [0.15, 0.2) is 11.6 Å². The molecular weight excluding hydrogens is 662 g/mol. The minimum absolute atomic E-state index is 0.0662. The van der Waals surface area contributed by atoms with E-state index in [0.29, 0.717) is 12.8 Å². The summed E-state index contributed by atoms with van der Waals surface area (Å²) >= 11 is 0. The molecule has 0 N–H and O–H groups in total. The van der Waals surface area contributed by atoms with Crippen LogP contribution >= 0.6 is 13.8 Å². The van der Waals surface area contributed by atoms with Crippen molar-refractivity contribution in [3.05, 3.63) is 182 Å². The van der Waals surface area contributed by atoms with Crippen LogP contribution in [0.25, 0.3) is 0 Å². The first-order valence-corrected chi connectivity index (χ1v) is 21.1. The second-order valence-electron chi connectivity index (χ2n) is 12.3. The van der Waals surface area contributed by atoms with Crippen molar-refractivity contribution < 1.29 is 14.3 Å². The van der Waals surface area contributed by atoms with E-state index < -0.39 is 13.8 Å². The Bertz CT molecular complexity index is 1800. The Labute approximate surface area is 302 Å². The molecule has 6 rings (SSSR count). The van der Waals surface area contributed by atoms with Gasteiger partial charge in [-0.25, -0.2) is 0 Å². The topological polar surface area (TPSA) is 43.4 Å². The van der Waals surface area contributed by atoms with Gasteiger partial charge in [-0.3, -0.25) is 9.59 Å². The fraction of sp³-hybridized carbons (Fsp3) is 0.130. The van der Waals surface area contributed by atoms with Crippen LogP contribution in [0.15, 0.2) is 182 Å². The molecule has 0 aliphatic carbocycles. The Balaban J connectivity index is 1.45. The minimum Gasteiger partial charge on any atom is -0.365 e. The van der Waals surface area contributed by atoms with E-state index in [9.17, 15) is 9.59 Å². The van der Waals surface area contributed by atoms with E-state index >= 15 is 0 Å². The molecule has 0 fully saturated rings. The molecule has 0 bridgehead atoms. The number of rotatable bonds is 14. The lowest BCUT2D eigenvalue weighted by molar-refractivity contribution is -0.121. The summed E-state index contributed by atoms with van der Waals surface area (Å²) in [5.41, 5.74) is 0. The van der Waals surface area contributed by atoms with E-state index in [4.69, 9.17) is 4.74 Å². The van der Waals surface area contributed by atoms with Crippen LogP contribution in [0.4, 0.5) is 0 Å². The molecule has 51 heavy (non-hydrogen) atoms. The zero-order valence-electron chi connectivity index (χ0n) is 29.3. The number of ether oxygens (including phenoxy) is 1. The number of hydrogen-bond donors (Lipinski definition) is 0. The molecule has 6 aromatic carbocycles. The number of ketones is 2. The van der Waals surface area contributed by atoms with Crippen molar-refractivity contribution in [2.45, 2.75) is 26.7 Å². The van der Waals surface area contributed by atoms with Gasteiger partial charge in [0.1, 0.15) is 13.2 Å². The largest absolute Gasteiger partial charge is 0.365 e. The molecule has 0 aromatic heterocycles. The first kappa shape index (κ1) is 36.0. The standard InChI is InChI=1S/C46H44O3P2/c1-3-45(50(37-23-11-5-12-24-37,38-25-13-6-14-26-38)39-27-15-7-16-28-39)43(47)35-49-36-44(48)46(4-2)51(40-29-17-8-18-30-40,41-31-19-9-20-32-41)42-33-21-10-22-34-42/h5-34H,3-4,35-36H2,1-2H3. The fourth-order valence-corrected chi connectivity index (χ4v) is 16.6. The van der Waals surface area contributed by atoms with Gasteiger partial charge >= 0.3 is 0 Å². The molecule has 256 valence electrons. The lowest BCUT2D eigenvalue weighted by Gasteiger charge is -2.32. The number of benzene rings is 6. The minimum atomic E-state index is -2.55. The summed E-state index contributed by atoms with van der Waals surface area (Å²) in [6.07, 6.45) is 1.11. The average molecular weight is 707 g/mol. The zero-order valence-corrected chi connectivity index (χ0v) is 31.1. The molecule has 5 heteroatoms. The second-order valence-corrected chi connectivity index (χ2v) is 19.2. The van der Waals surface area contributed by atoms with E-state index in [2.05, 4.69) is 86.6 Å². The Morgan fingerprint density at radius 2 is 0.569 bits per heavy atom. The molecule has 6 aromatic rings. The summed E-state index contributed by atoms with van der Waals surface area (Å²) in [6.45, 7) is -1.33.